The number of aliphatic hydroxyl groups is 1. The fraction of sp³-hybridized carbons (Fsp3) is 0.333. The van der Waals surface area contributed by atoms with Gasteiger partial charge in [0.1, 0.15) is 5.60 Å². The lowest BCUT2D eigenvalue weighted by molar-refractivity contribution is -0.137. The second kappa shape index (κ2) is 4.18. The fourth-order valence-corrected chi connectivity index (χ4v) is 1.30. The van der Waals surface area contributed by atoms with Crippen LogP contribution >= 0.6 is 0 Å². The van der Waals surface area contributed by atoms with Crippen molar-refractivity contribution in [1.29, 1.82) is 0 Å². The summed E-state index contributed by atoms with van der Waals surface area (Å²) >= 11 is 0. The van der Waals surface area contributed by atoms with Crippen molar-refractivity contribution in [1.82, 2.24) is 0 Å². The number of hydrogen-bond donors (Lipinski definition) is 1. The molecule has 0 heterocycles. The van der Waals surface area contributed by atoms with E-state index in [1.807, 2.05) is 0 Å². The summed E-state index contributed by atoms with van der Waals surface area (Å²) in [7, 11) is 0. The Bertz CT molecular complexity index is 418. The van der Waals surface area contributed by atoms with Crippen molar-refractivity contribution in [3.8, 4) is 11.8 Å². The normalized spacial score (nSPS) is 14.9. The summed E-state index contributed by atoms with van der Waals surface area (Å²) in [6, 6.07) is 4.32. The maximum absolute atomic E-state index is 12.3. The zero-order valence-corrected chi connectivity index (χ0v) is 8.89. The van der Waals surface area contributed by atoms with Crippen LogP contribution in [0.1, 0.15) is 25.0 Å². The van der Waals surface area contributed by atoms with Gasteiger partial charge < -0.3 is 5.11 Å². The highest BCUT2D eigenvalue weighted by Crippen LogP contribution is 2.30. The molecule has 0 aliphatic heterocycles. The molecule has 0 bridgehead atoms. The van der Waals surface area contributed by atoms with Crippen LogP contribution < -0.4 is 0 Å². The van der Waals surface area contributed by atoms with Crippen molar-refractivity contribution in [2.24, 2.45) is 0 Å². The van der Waals surface area contributed by atoms with Gasteiger partial charge in [-0.3, -0.25) is 0 Å². The van der Waals surface area contributed by atoms with Crippen LogP contribution in [-0.2, 0) is 11.8 Å². The van der Waals surface area contributed by atoms with Gasteiger partial charge in [0, 0.05) is 0 Å². The van der Waals surface area contributed by atoms with Crippen LogP contribution in [0.5, 0.6) is 0 Å². The van der Waals surface area contributed by atoms with E-state index in [9.17, 15) is 18.3 Å². The van der Waals surface area contributed by atoms with E-state index in [0.29, 0.717) is 5.56 Å². The molecule has 0 aliphatic rings. The number of alkyl halides is 3. The first-order chi connectivity index (χ1) is 7.27. The van der Waals surface area contributed by atoms with Gasteiger partial charge in [0.2, 0.25) is 0 Å². The Labute approximate surface area is 91.9 Å². The van der Waals surface area contributed by atoms with Crippen molar-refractivity contribution in [2.75, 3.05) is 0 Å². The highest BCUT2D eigenvalue weighted by Gasteiger charge is 2.31. The Kier molecular flexibility index (Phi) is 3.30. The third-order valence-electron chi connectivity index (χ3n) is 2.14. The van der Waals surface area contributed by atoms with E-state index in [1.165, 1.54) is 19.1 Å². The summed E-state index contributed by atoms with van der Waals surface area (Å²) in [5.41, 5.74) is -1.81. The summed E-state index contributed by atoms with van der Waals surface area (Å²) in [5, 5.41) is 9.82. The molecule has 1 N–H and O–H groups in total. The van der Waals surface area contributed by atoms with Crippen LogP contribution in [0.25, 0.3) is 0 Å². The minimum Gasteiger partial charge on any atom is -0.374 e. The van der Waals surface area contributed by atoms with E-state index in [4.69, 9.17) is 0 Å². The second-order valence-electron chi connectivity index (χ2n) is 3.52. The second-order valence-corrected chi connectivity index (χ2v) is 3.52. The first-order valence-electron chi connectivity index (χ1n) is 4.61. The molecule has 16 heavy (non-hydrogen) atoms. The zero-order chi connectivity index (χ0) is 12.4. The lowest BCUT2D eigenvalue weighted by atomic mass is 9.95. The molecule has 0 radical (unpaired) electrons. The molecular weight excluding hydrogens is 217 g/mol. The maximum atomic E-state index is 12.3. The van der Waals surface area contributed by atoms with E-state index in [-0.39, 0.29) is 0 Å². The minimum atomic E-state index is -4.36. The smallest absolute Gasteiger partial charge is 0.374 e. The molecule has 0 saturated carbocycles. The molecule has 1 nitrogen and oxygen atoms in total. The van der Waals surface area contributed by atoms with Gasteiger partial charge in [0.25, 0.3) is 0 Å². The van der Waals surface area contributed by atoms with E-state index < -0.39 is 17.3 Å². The topological polar surface area (TPSA) is 20.2 Å². The SMILES string of the molecule is CC#CC(C)(O)c1ccc(C(F)(F)F)cc1. The highest BCUT2D eigenvalue weighted by molar-refractivity contribution is 5.33. The predicted molar refractivity (Wildman–Crippen MR) is 54.5 cm³/mol. The van der Waals surface area contributed by atoms with Gasteiger partial charge in [-0.15, -0.1) is 5.92 Å². The highest BCUT2D eigenvalue weighted by atomic mass is 19.4. The molecule has 0 fully saturated rings. The summed E-state index contributed by atoms with van der Waals surface area (Å²) in [6.07, 6.45) is -4.36. The molecule has 1 aromatic carbocycles. The predicted octanol–water partition coefficient (Wildman–Crippen LogP) is 2.94. The molecule has 1 aromatic rings. The summed E-state index contributed by atoms with van der Waals surface area (Å²) in [5.74, 6) is 5.05. The lowest BCUT2D eigenvalue weighted by Gasteiger charge is -2.17. The first-order valence-corrected chi connectivity index (χ1v) is 4.61. The Morgan fingerprint density at radius 2 is 1.50 bits per heavy atom. The Balaban J connectivity index is 3.07. The van der Waals surface area contributed by atoms with Crippen LogP contribution in [0.4, 0.5) is 13.2 Å². The molecule has 0 amide bonds. The van der Waals surface area contributed by atoms with Crippen LogP contribution in [0.3, 0.4) is 0 Å². The Hall–Kier alpha value is -1.47. The number of benzene rings is 1. The van der Waals surface area contributed by atoms with Gasteiger partial charge in [0.15, 0.2) is 0 Å². The summed E-state index contributed by atoms with van der Waals surface area (Å²) < 4.78 is 36.8. The third kappa shape index (κ3) is 2.77. The lowest BCUT2D eigenvalue weighted by Crippen LogP contribution is -2.18. The number of halogens is 3. The van der Waals surface area contributed by atoms with Gasteiger partial charge in [-0.2, -0.15) is 13.2 Å². The fourth-order valence-electron chi connectivity index (χ4n) is 1.30. The van der Waals surface area contributed by atoms with E-state index >= 15 is 0 Å². The summed E-state index contributed by atoms with van der Waals surface area (Å²) in [4.78, 5) is 0. The standard InChI is InChI=1S/C12H11F3O/c1-3-8-11(2,16)9-4-6-10(7-5-9)12(13,14)15/h4-7,16H,1-2H3. The van der Waals surface area contributed by atoms with Gasteiger partial charge in [-0.05, 0) is 31.5 Å². The summed E-state index contributed by atoms with van der Waals surface area (Å²) in [6.45, 7) is 2.99. The Morgan fingerprint density at radius 1 is 1.06 bits per heavy atom. The molecule has 0 aliphatic carbocycles. The van der Waals surface area contributed by atoms with Crippen molar-refractivity contribution in [2.45, 2.75) is 25.6 Å². The molecule has 0 aromatic heterocycles. The largest absolute Gasteiger partial charge is 0.416 e. The van der Waals surface area contributed by atoms with Gasteiger partial charge in [-0.1, -0.05) is 18.1 Å². The average Bonchev–Trinajstić information content (AvgIpc) is 2.16. The molecule has 1 atom stereocenters. The maximum Gasteiger partial charge on any atom is 0.416 e. The first kappa shape index (κ1) is 12.6. The molecule has 1 unspecified atom stereocenters. The van der Waals surface area contributed by atoms with E-state index in [1.54, 1.807) is 6.92 Å². The molecule has 0 saturated heterocycles. The van der Waals surface area contributed by atoms with Crippen molar-refractivity contribution in [3.05, 3.63) is 35.4 Å². The quantitative estimate of drug-likeness (QED) is 0.733. The van der Waals surface area contributed by atoms with Crippen LogP contribution in [0.2, 0.25) is 0 Å². The molecule has 86 valence electrons. The van der Waals surface area contributed by atoms with Crippen LogP contribution in [0, 0.1) is 11.8 Å². The zero-order valence-electron chi connectivity index (χ0n) is 8.89. The van der Waals surface area contributed by atoms with Crippen molar-refractivity contribution in [3.63, 3.8) is 0 Å². The van der Waals surface area contributed by atoms with Crippen LogP contribution in [-0.4, -0.2) is 5.11 Å². The monoisotopic (exact) mass is 228 g/mol. The third-order valence-corrected chi connectivity index (χ3v) is 2.14. The molecule has 1 rings (SSSR count). The minimum absolute atomic E-state index is 0.342. The van der Waals surface area contributed by atoms with Crippen molar-refractivity contribution >= 4 is 0 Å². The number of hydrogen-bond acceptors (Lipinski definition) is 1. The molecular formula is C12H11F3O. The molecule has 0 spiro atoms. The van der Waals surface area contributed by atoms with Gasteiger partial charge in [-0.25, -0.2) is 0 Å². The van der Waals surface area contributed by atoms with Gasteiger partial charge >= 0.3 is 6.18 Å². The Morgan fingerprint density at radius 3 is 1.88 bits per heavy atom. The van der Waals surface area contributed by atoms with Gasteiger partial charge in [0.05, 0.1) is 5.56 Å². The average molecular weight is 228 g/mol. The van der Waals surface area contributed by atoms with Crippen LogP contribution in [0.15, 0.2) is 24.3 Å². The number of rotatable bonds is 1. The molecule has 4 heteroatoms. The van der Waals surface area contributed by atoms with Crippen molar-refractivity contribution < 1.29 is 18.3 Å². The van der Waals surface area contributed by atoms with E-state index in [2.05, 4.69) is 11.8 Å². The van der Waals surface area contributed by atoms with E-state index in [0.717, 1.165) is 12.1 Å².